The summed E-state index contributed by atoms with van der Waals surface area (Å²) in [5.74, 6) is -0.277. The van der Waals surface area contributed by atoms with E-state index in [1.165, 1.54) is 28.6 Å². The highest BCUT2D eigenvalue weighted by molar-refractivity contribution is 7.89. The first-order valence-electron chi connectivity index (χ1n) is 9.31. The van der Waals surface area contributed by atoms with Gasteiger partial charge in [-0.2, -0.15) is 4.31 Å². The molecule has 2 atom stereocenters. The van der Waals surface area contributed by atoms with E-state index in [4.69, 9.17) is 4.74 Å². The quantitative estimate of drug-likeness (QED) is 0.851. The van der Waals surface area contributed by atoms with Crippen molar-refractivity contribution in [2.75, 3.05) is 18.4 Å². The van der Waals surface area contributed by atoms with Gasteiger partial charge < -0.3 is 10.1 Å². The second kappa shape index (κ2) is 8.03. The number of ether oxygens (including phenoxy) is 1. The van der Waals surface area contributed by atoms with Gasteiger partial charge in [0.1, 0.15) is 0 Å². The van der Waals surface area contributed by atoms with E-state index in [1.54, 1.807) is 0 Å². The van der Waals surface area contributed by atoms with E-state index in [0.717, 1.165) is 11.1 Å². The number of sulfonamides is 1. The summed E-state index contributed by atoms with van der Waals surface area (Å²) in [5, 5.41) is 2.84. The topological polar surface area (TPSA) is 75.7 Å². The first-order chi connectivity index (χ1) is 13.2. The Bertz CT molecular complexity index is 960. The lowest BCUT2D eigenvalue weighted by molar-refractivity contribution is -0.0440. The molecule has 1 fully saturated rings. The number of benzene rings is 2. The first kappa shape index (κ1) is 20.5. The Hall–Kier alpha value is -2.22. The van der Waals surface area contributed by atoms with Crippen molar-refractivity contribution in [3.63, 3.8) is 0 Å². The number of anilines is 1. The summed E-state index contributed by atoms with van der Waals surface area (Å²) in [6.45, 7) is 8.36. The normalized spacial score (nSPS) is 20.7. The summed E-state index contributed by atoms with van der Waals surface area (Å²) < 4.78 is 32.8. The number of nitrogens with zero attached hydrogens (tertiary/aromatic N) is 1. The van der Waals surface area contributed by atoms with Crippen LogP contribution in [0.1, 0.15) is 35.3 Å². The second-order valence-electron chi connectivity index (χ2n) is 7.36. The second-order valence-corrected chi connectivity index (χ2v) is 9.29. The van der Waals surface area contributed by atoms with Crippen LogP contribution in [0.4, 0.5) is 5.69 Å². The van der Waals surface area contributed by atoms with Gasteiger partial charge in [0.25, 0.3) is 5.91 Å². The summed E-state index contributed by atoms with van der Waals surface area (Å²) in [7, 11) is -3.62. The third-order valence-corrected chi connectivity index (χ3v) is 6.75. The lowest BCUT2D eigenvalue weighted by Crippen LogP contribution is -2.48. The fourth-order valence-corrected chi connectivity index (χ4v) is 4.87. The minimum atomic E-state index is -3.62. The van der Waals surface area contributed by atoms with Crippen LogP contribution in [0.3, 0.4) is 0 Å². The average molecular weight is 403 g/mol. The number of rotatable bonds is 4. The van der Waals surface area contributed by atoms with Gasteiger partial charge in [-0.1, -0.05) is 6.07 Å². The molecular weight excluding hydrogens is 376 g/mol. The Morgan fingerprint density at radius 2 is 1.61 bits per heavy atom. The van der Waals surface area contributed by atoms with Crippen LogP contribution in [-0.2, 0) is 14.8 Å². The van der Waals surface area contributed by atoms with Crippen molar-refractivity contribution in [2.24, 2.45) is 0 Å². The SMILES string of the molecule is Cc1ccc(NC(=O)c2ccc(S(=O)(=O)N3CC(C)OC(C)C3)cc2)cc1C. The third kappa shape index (κ3) is 4.43. The van der Waals surface area contributed by atoms with Gasteiger partial charge >= 0.3 is 0 Å². The van der Waals surface area contributed by atoms with E-state index in [0.29, 0.717) is 24.3 Å². The molecule has 150 valence electrons. The molecule has 3 rings (SSSR count). The van der Waals surface area contributed by atoms with E-state index in [9.17, 15) is 13.2 Å². The molecular formula is C21H26N2O4S. The molecule has 0 radical (unpaired) electrons. The largest absolute Gasteiger partial charge is 0.373 e. The molecule has 1 aliphatic heterocycles. The van der Waals surface area contributed by atoms with Crippen LogP contribution in [0.5, 0.6) is 0 Å². The van der Waals surface area contributed by atoms with Gasteiger partial charge in [-0.25, -0.2) is 8.42 Å². The Labute approximate surface area is 166 Å². The number of hydrogen-bond acceptors (Lipinski definition) is 4. The number of carbonyl (C=O) groups excluding carboxylic acids is 1. The van der Waals surface area contributed by atoms with Gasteiger partial charge in [-0.05, 0) is 75.2 Å². The number of hydrogen-bond donors (Lipinski definition) is 1. The van der Waals surface area contributed by atoms with E-state index in [1.807, 2.05) is 45.9 Å². The summed E-state index contributed by atoms with van der Waals surface area (Å²) in [5.41, 5.74) is 3.36. The number of nitrogens with one attached hydrogen (secondary N) is 1. The zero-order valence-corrected chi connectivity index (χ0v) is 17.4. The molecule has 0 bridgehead atoms. The molecule has 1 aliphatic rings. The predicted molar refractivity (Wildman–Crippen MR) is 109 cm³/mol. The van der Waals surface area contributed by atoms with Crippen LogP contribution in [0, 0.1) is 13.8 Å². The maximum absolute atomic E-state index is 12.9. The minimum absolute atomic E-state index is 0.151. The molecule has 2 aromatic carbocycles. The smallest absolute Gasteiger partial charge is 0.255 e. The third-order valence-electron chi connectivity index (χ3n) is 4.91. The standard InChI is InChI=1S/C21H26N2O4S/c1-14-5-8-19(11-15(14)2)22-21(24)18-6-9-20(10-7-18)28(25,26)23-12-16(3)27-17(4)13-23/h5-11,16-17H,12-13H2,1-4H3,(H,22,24). The Morgan fingerprint density at radius 3 is 2.18 bits per heavy atom. The highest BCUT2D eigenvalue weighted by Crippen LogP contribution is 2.22. The molecule has 1 saturated heterocycles. The van der Waals surface area contributed by atoms with E-state index < -0.39 is 10.0 Å². The lowest BCUT2D eigenvalue weighted by atomic mass is 10.1. The number of amides is 1. The Kier molecular flexibility index (Phi) is 5.88. The van der Waals surface area contributed by atoms with Crippen LogP contribution in [-0.4, -0.2) is 43.9 Å². The molecule has 1 N–H and O–H groups in total. The van der Waals surface area contributed by atoms with Gasteiger partial charge in [0, 0.05) is 24.3 Å². The van der Waals surface area contributed by atoms with Crippen molar-refractivity contribution in [3.05, 3.63) is 59.2 Å². The van der Waals surface area contributed by atoms with Gasteiger partial charge in [0.05, 0.1) is 17.1 Å². The van der Waals surface area contributed by atoms with Crippen molar-refractivity contribution in [2.45, 2.75) is 44.8 Å². The highest BCUT2D eigenvalue weighted by Gasteiger charge is 2.32. The average Bonchev–Trinajstić information content (AvgIpc) is 2.64. The highest BCUT2D eigenvalue weighted by atomic mass is 32.2. The van der Waals surface area contributed by atoms with E-state index in [2.05, 4.69) is 5.32 Å². The molecule has 0 aromatic heterocycles. The maximum Gasteiger partial charge on any atom is 0.255 e. The zero-order chi connectivity index (χ0) is 20.5. The van der Waals surface area contributed by atoms with Gasteiger partial charge in [0.15, 0.2) is 0 Å². The molecule has 7 heteroatoms. The van der Waals surface area contributed by atoms with Crippen molar-refractivity contribution in [1.29, 1.82) is 0 Å². The van der Waals surface area contributed by atoms with E-state index in [-0.39, 0.29) is 23.0 Å². The number of carbonyl (C=O) groups is 1. The number of aryl methyl sites for hydroxylation is 2. The first-order valence-corrected chi connectivity index (χ1v) is 10.7. The van der Waals surface area contributed by atoms with Crippen molar-refractivity contribution >= 4 is 21.6 Å². The fourth-order valence-electron chi connectivity index (χ4n) is 3.28. The van der Waals surface area contributed by atoms with Gasteiger partial charge in [-0.15, -0.1) is 0 Å². The van der Waals surface area contributed by atoms with Crippen molar-refractivity contribution in [1.82, 2.24) is 4.31 Å². The molecule has 2 aromatic rings. The Balaban J connectivity index is 1.75. The van der Waals surface area contributed by atoms with E-state index >= 15 is 0 Å². The molecule has 0 spiro atoms. The monoisotopic (exact) mass is 402 g/mol. The summed E-state index contributed by atoms with van der Waals surface area (Å²) in [4.78, 5) is 12.6. The maximum atomic E-state index is 12.9. The molecule has 1 amide bonds. The van der Waals surface area contributed by atoms with Crippen LogP contribution >= 0.6 is 0 Å². The van der Waals surface area contributed by atoms with Crippen LogP contribution in [0.2, 0.25) is 0 Å². The molecule has 28 heavy (non-hydrogen) atoms. The molecule has 0 aliphatic carbocycles. The van der Waals surface area contributed by atoms with Crippen LogP contribution in [0.15, 0.2) is 47.4 Å². The number of morpholine rings is 1. The minimum Gasteiger partial charge on any atom is -0.373 e. The zero-order valence-electron chi connectivity index (χ0n) is 16.6. The fraction of sp³-hybridized carbons (Fsp3) is 0.381. The van der Waals surface area contributed by atoms with Gasteiger partial charge in [0.2, 0.25) is 10.0 Å². The molecule has 1 heterocycles. The summed E-state index contributed by atoms with van der Waals surface area (Å²) in [6, 6.07) is 11.7. The summed E-state index contributed by atoms with van der Waals surface area (Å²) >= 11 is 0. The molecule has 2 unspecified atom stereocenters. The lowest BCUT2D eigenvalue weighted by Gasteiger charge is -2.34. The van der Waals surface area contributed by atoms with Crippen molar-refractivity contribution in [3.8, 4) is 0 Å². The summed E-state index contributed by atoms with van der Waals surface area (Å²) in [6.07, 6.45) is -0.303. The Morgan fingerprint density at radius 1 is 1.00 bits per heavy atom. The molecule has 0 saturated carbocycles. The van der Waals surface area contributed by atoms with Crippen LogP contribution in [0.25, 0.3) is 0 Å². The van der Waals surface area contributed by atoms with Gasteiger partial charge in [-0.3, -0.25) is 4.79 Å². The molecule has 6 nitrogen and oxygen atoms in total. The van der Waals surface area contributed by atoms with Crippen LogP contribution < -0.4 is 5.32 Å². The van der Waals surface area contributed by atoms with Crippen molar-refractivity contribution < 1.29 is 17.9 Å². The predicted octanol–water partition coefficient (Wildman–Crippen LogP) is 3.35.